The number of urea groups is 1. The Hall–Kier alpha value is -1.58. The van der Waals surface area contributed by atoms with Crippen LogP contribution in [-0.4, -0.2) is 18.1 Å². The number of hydrogen-bond donors (Lipinski definition) is 2. The van der Waals surface area contributed by atoms with Gasteiger partial charge in [0.1, 0.15) is 0 Å². The van der Waals surface area contributed by atoms with Crippen molar-refractivity contribution in [1.82, 2.24) is 15.6 Å². The molecule has 0 bridgehead atoms. The molecule has 0 aliphatic carbocycles. The number of rotatable bonds is 2. The topological polar surface area (TPSA) is 54.0 Å². The Bertz CT molecular complexity index is 299. The standard InChI is InChI=1S/C9H13N3O/c1-7-4-3-5-8(12-7)6-11-9(13)10-2/h3-5H,6H2,1-2H3,(H2,10,11,13). The van der Waals surface area contributed by atoms with Crippen LogP contribution in [0.25, 0.3) is 0 Å². The van der Waals surface area contributed by atoms with Crippen molar-refractivity contribution in [2.75, 3.05) is 7.05 Å². The van der Waals surface area contributed by atoms with Crippen molar-refractivity contribution in [2.45, 2.75) is 13.5 Å². The lowest BCUT2D eigenvalue weighted by Gasteiger charge is -2.03. The molecule has 13 heavy (non-hydrogen) atoms. The smallest absolute Gasteiger partial charge is 0.314 e. The van der Waals surface area contributed by atoms with Crippen LogP contribution in [0.3, 0.4) is 0 Å². The molecule has 0 radical (unpaired) electrons. The first-order valence-corrected chi connectivity index (χ1v) is 4.10. The van der Waals surface area contributed by atoms with E-state index in [0.717, 1.165) is 11.4 Å². The molecule has 0 aromatic carbocycles. The van der Waals surface area contributed by atoms with Gasteiger partial charge in [-0.25, -0.2) is 4.79 Å². The molecule has 0 unspecified atom stereocenters. The second kappa shape index (κ2) is 4.45. The maximum Gasteiger partial charge on any atom is 0.314 e. The molecule has 4 nitrogen and oxygen atoms in total. The summed E-state index contributed by atoms with van der Waals surface area (Å²) in [6, 6.07) is 5.53. The molecule has 1 aromatic rings. The van der Waals surface area contributed by atoms with Crippen molar-refractivity contribution in [3.8, 4) is 0 Å². The van der Waals surface area contributed by atoms with E-state index in [1.54, 1.807) is 7.05 Å². The van der Waals surface area contributed by atoms with Gasteiger partial charge in [-0.2, -0.15) is 0 Å². The van der Waals surface area contributed by atoms with Crippen LogP contribution < -0.4 is 10.6 Å². The summed E-state index contributed by atoms with van der Waals surface area (Å²) in [6.45, 7) is 2.38. The predicted octanol–water partition coefficient (Wildman–Crippen LogP) is 0.819. The highest BCUT2D eigenvalue weighted by atomic mass is 16.2. The SMILES string of the molecule is CNC(=O)NCc1cccc(C)n1. The van der Waals surface area contributed by atoms with Gasteiger partial charge in [0.05, 0.1) is 12.2 Å². The Morgan fingerprint density at radius 3 is 2.92 bits per heavy atom. The molecule has 1 aromatic heterocycles. The van der Waals surface area contributed by atoms with Gasteiger partial charge >= 0.3 is 6.03 Å². The molecule has 0 aliphatic heterocycles. The first-order valence-electron chi connectivity index (χ1n) is 4.10. The van der Waals surface area contributed by atoms with E-state index in [1.165, 1.54) is 0 Å². The van der Waals surface area contributed by atoms with Crippen LogP contribution in [-0.2, 0) is 6.54 Å². The highest BCUT2D eigenvalue weighted by Gasteiger charge is 1.97. The van der Waals surface area contributed by atoms with E-state index >= 15 is 0 Å². The lowest BCUT2D eigenvalue weighted by Crippen LogP contribution is -2.32. The van der Waals surface area contributed by atoms with Gasteiger partial charge in [0, 0.05) is 12.7 Å². The van der Waals surface area contributed by atoms with Gasteiger partial charge in [-0.1, -0.05) is 6.07 Å². The van der Waals surface area contributed by atoms with E-state index in [-0.39, 0.29) is 6.03 Å². The van der Waals surface area contributed by atoms with E-state index in [4.69, 9.17) is 0 Å². The normalized spacial score (nSPS) is 9.38. The Kier molecular flexibility index (Phi) is 3.25. The Balaban J connectivity index is 2.50. The number of pyridine rings is 1. The third-order valence-corrected chi connectivity index (χ3v) is 1.60. The number of aryl methyl sites for hydroxylation is 1. The Morgan fingerprint density at radius 2 is 2.31 bits per heavy atom. The average Bonchev–Trinajstić information content (AvgIpc) is 2.14. The van der Waals surface area contributed by atoms with Crippen LogP contribution in [0.5, 0.6) is 0 Å². The molecule has 70 valence electrons. The van der Waals surface area contributed by atoms with Crippen molar-refractivity contribution in [2.24, 2.45) is 0 Å². The molecular weight excluding hydrogens is 166 g/mol. The summed E-state index contributed by atoms with van der Waals surface area (Å²) in [6.07, 6.45) is 0. The van der Waals surface area contributed by atoms with Gasteiger partial charge < -0.3 is 10.6 Å². The molecule has 0 saturated heterocycles. The molecule has 2 amide bonds. The molecule has 0 spiro atoms. The van der Waals surface area contributed by atoms with Crippen molar-refractivity contribution >= 4 is 6.03 Å². The molecule has 0 fully saturated rings. The van der Waals surface area contributed by atoms with Gasteiger partial charge in [-0.15, -0.1) is 0 Å². The second-order valence-electron chi connectivity index (χ2n) is 2.70. The summed E-state index contributed by atoms with van der Waals surface area (Å²) in [5.41, 5.74) is 1.82. The highest BCUT2D eigenvalue weighted by molar-refractivity contribution is 5.73. The van der Waals surface area contributed by atoms with E-state index in [1.807, 2.05) is 25.1 Å². The Morgan fingerprint density at radius 1 is 1.54 bits per heavy atom. The van der Waals surface area contributed by atoms with Crippen LogP contribution >= 0.6 is 0 Å². The van der Waals surface area contributed by atoms with Crippen molar-refractivity contribution in [3.05, 3.63) is 29.6 Å². The lowest BCUT2D eigenvalue weighted by atomic mass is 10.3. The van der Waals surface area contributed by atoms with Crippen molar-refractivity contribution in [1.29, 1.82) is 0 Å². The molecule has 2 N–H and O–H groups in total. The monoisotopic (exact) mass is 179 g/mol. The zero-order valence-corrected chi connectivity index (χ0v) is 7.79. The quantitative estimate of drug-likeness (QED) is 0.706. The number of nitrogens with zero attached hydrogens (tertiary/aromatic N) is 1. The zero-order chi connectivity index (χ0) is 9.68. The van der Waals surface area contributed by atoms with Crippen LogP contribution in [0.1, 0.15) is 11.4 Å². The van der Waals surface area contributed by atoms with E-state index in [2.05, 4.69) is 15.6 Å². The van der Waals surface area contributed by atoms with E-state index in [9.17, 15) is 4.79 Å². The minimum atomic E-state index is -0.191. The largest absolute Gasteiger partial charge is 0.341 e. The summed E-state index contributed by atoms with van der Waals surface area (Å²) in [7, 11) is 1.58. The van der Waals surface area contributed by atoms with Crippen LogP contribution in [0.2, 0.25) is 0 Å². The van der Waals surface area contributed by atoms with Gasteiger partial charge in [0.15, 0.2) is 0 Å². The fourth-order valence-electron chi connectivity index (χ4n) is 0.957. The van der Waals surface area contributed by atoms with E-state index in [0.29, 0.717) is 6.54 Å². The number of amides is 2. The first kappa shape index (κ1) is 9.51. The van der Waals surface area contributed by atoms with Gasteiger partial charge in [-0.05, 0) is 19.1 Å². The number of carbonyl (C=O) groups excluding carboxylic acids is 1. The molecule has 1 rings (SSSR count). The molecular formula is C9H13N3O. The van der Waals surface area contributed by atoms with Gasteiger partial charge in [0.25, 0.3) is 0 Å². The lowest BCUT2D eigenvalue weighted by molar-refractivity contribution is 0.242. The summed E-state index contributed by atoms with van der Waals surface area (Å²) in [5.74, 6) is 0. The number of nitrogens with one attached hydrogen (secondary N) is 2. The zero-order valence-electron chi connectivity index (χ0n) is 7.79. The van der Waals surface area contributed by atoms with Gasteiger partial charge in [-0.3, -0.25) is 4.98 Å². The minimum Gasteiger partial charge on any atom is -0.341 e. The molecule has 4 heteroatoms. The van der Waals surface area contributed by atoms with Crippen molar-refractivity contribution < 1.29 is 4.79 Å². The maximum absolute atomic E-state index is 10.8. The first-order chi connectivity index (χ1) is 6.22. The highest BCUT2D eigenvalue weighted by Crippen LogP contribution is 1.96. The molecule has 0 aliphatic rings. The molecule has 0 atom stereocenters. The summed E-state index contributed by atoms with van der Waals surface area (Å²) in [5, 5.41) is 5.14. The van der Waals surface area contributed by atoms with E-state index < -0.39 is 0 Å². The number of carbonyl (C=O) groups is 1. The summed E-state index contributed by atoms with van der Waals surface area (Å²) < 4.78 is 0. The summed E-state index contributed by atoms with van der Waals surface area (Å²) >= 11 is 0. The second-order valence-corrected chi connectivity index (χ2v) is 2.70. The predicted molar refractivity (Wildman–Crippen MR) is 50.3 cm³/mol. The van der Waals surface area contributed by atoms with Crippen LogP contribution in [0, 0.1) is 6.92 Å². The van der Waals surface area contributed by atoms with Crippen molar-refractivity contribution in [3.63, 3.8) is 0 Å². The van der Waals surface area contributed by atoms with Gasteiger partial charge in [0.2, 0.25) is 0 Å². The summed E-state index contributed by atoms with van der Waals surface area (Å²) in [4.78, 5) is 15.1. The fourth-order valence-corrected chi connectivity index (χ4v) is 0.957. The van der Waals surface area contributed by atoms with Crippen LogP contribution in [0.15, 0.2) is 18.2 Å². The molecule has 0 saturated carbocycles. The number of aromatic nitrogens is 1. The average molecular weight is 179 g/mol. The van der Waals surface area contributed by atoms with Crippen LogP contribution in [0.4, 0.5) is 4.79 Å². The third kappa shape index (κ3) is 3.11. The fraction of sp³-hybridized carbons (Fsp3) is 0.333. The third-order valence-electron chi connectivity index (χ3n) is 1.60. The minimum absolute atomic E-state index is 0.191. The maximum atomic E-state index is 10.8. The molecule has 1 heterocycles. The number of hydrogen-bond acceptors (Lipinski definition) is 2. The Labute approximate surface area is 77.4 Å².